The molecule has 0 amide bonds. The van der Waals surface area contributed by atoms with Crippen LogP contribution in [0.1, 0.15) is 173 Å². The molecule has 16 rings (SSSR count). The molecule has 5 heteroatoms. The lowest BCUT2D eigenvalue weighted by Crippen LogP contribution is -2.62. The summed E-state index contributed by atoms with van der Waals surface area (Å²) in [5.74, 6) is 0. The minimum Gasteiger partial charge on any atom is -0.456 e. The number of anilines is 8. The van der Waals surface area contributed by atoms with Crippen LogP contribution in [0.4, 0.5) is 45.5 Å². The van der Waals surface area contributed by atoms with Gasteiger partial charge in [0.2, 0.25) is 0 Å². The van der Waals surface area contributed by atoms with Gasteiger partial charge in [-0.1, -0.05) is 180 Å². The predicted molar refractivity (Wildman–Crippen MR) is 339 cm³/mol. The largest absolute Gasteiger partial charge is 0.456 e. The lowest BCUT2D eigenvalue weighted by atomic mass is 9.32. The Hall–Kier alpha value is -6.98. The number of para-hydroxylation sites is 2. The Bertz CT molecular complexity index is 4210. The fourth-order valence-corrected chi connectivity index (χ4v) is 17.8. The molecule has 0 spiro atoms. The van der Waals surface area contributed by atoms with Crippen molar-refractivity contribution >= 4 is 90.5 Å². The van der Waals surface area contributed by atoms with Gasteiger partial charge >= 0.3 is 0 Å². The summed E-state index contributed by atoms with van der Waals surface area (Å²) in [7, 11) is 0. The topological polar surface area (TPSA) is 22.9 Å². The fraction of sp³-hybridized carbons (Fsp3) is 0.360. The number of hydrogen-bond donors (Lipinski definition) is 0. The maximum Gasteiger partial charge on any atom is 0.252 e. The fourth-order valence-electron chi connectivity index (χ4n) is 17.8. The molecule has 0 bridgehead atoms. The van der Waals surface area contributed by atoms with Crippen LogP contribution in [0.2, 0.25) is 0 Å². The molecule has 1 aromatic heterocycles. The van der Waals surface area contributed by atoms with Crippen molar-refractivity contribution in [3.05, 3.63) is 185 Å². The van der Waals surface area contributed by atoms with Crippen LogP contribution in [0.5, 0.6) is 0 Å². The van der Waals surface area contributed by atoms with Crippen LogP contribution in [0, 0.1) is 0 Å². The molecule has 2 unspecified atom stereocenters. The molecular weight excluding hydrogens is 970 g/mol. The first-order chi connectivity index (χ1) is 38.1. The van der Waals surface area contributed by atoms with E-state index in [1.165, 1.54) is 132 Å². The lowest BCUT2D eigenvalue weighted by Gasteiger charge is -2.51. The summed E-state index contributed by atoms with van der Waals surface area (Å²) in [4.78, 5) is 8.38. The normalized spacial score (nSPS) is 23.4. The average Bonchev–Trinajstić information content (AvgIpc) is 4.19. The Kier molecular flexibility index (Phi) is 9.61. The minimum absolute atomic E-state index is 0.00391. The molecule has 80 heavy (non-hydrogen) atoms. The molecule has 9 aromatic rings. The van der Waals surface area contributed by atoms with Crippen LogP contribution < -0.4 is 31.1 Å². The van der Waals surface area contributed by atoms with Gasteiger partial charge in [-0.05, 0) is 188 Å². The van der Waals surface area contributed by atoms with Crippen molar-refractivity contribution < 1.29 is 4.42 Å². The van der Waals surface area contributed by atoms with E-state index in [1.807, 2.05) is 0 Å². The van der Waals surface area contributed by atoms with Crippen LogP contribution in [-0.4, -0.2) is 12.3 Å². The summed E-state index contributed by atoms with van der Waals surface area (Å²) in [6.45, 7) is 30.1. The van der Waals surface area contributed by atoms with E-state index in [-0.39, 0.29) is 44.7 Å². The standard InChI is InChI=1S/C75H76BN3O/c1-69(2)36-37-70(3,4)53-40-45(30-32-51(53)69)77-60-44-55-54(71(5,6)38-39-72(55,7)8)43-57(60)76-56-33-31-48-47-22-13-15-24-50(47)73(9,10)66(48)68(56)78(59-27-21-29-64-65(59)49-23-14-18-28-63(49)80-64)62-42-46(41-61(77)67(62)76)79-58-26-17-16-25-52(58)74(11)34-19-20-35-75(74,79)12/h13-18,21-33,40-44H,19-20,34-39H2,1-12H3. The van der Waals surface area contributed by atoms with Gasteiger partial charge in [-0.3, -0.25) is 0 Å². The molecule has 1 saturated carbocycles. The van der Waals surface area contributed by atoms with Gasteiger partial charge in [0.05, 0.1) is 16.6 Å². The van der Waals surface area contributed by atoms with Gasteiger partial charge < -0.3 is 19.1 Å². The third-order valence-electron chi connectivity index (χ3n) is 22.7. The molecule has 2 atom stereocenters. The summed E-state index contributed by atoms with van der Waals surface area (Å²) in [6.07, 6.45) is 9.41. The van der Waals surface area contributed by atoms with Crippen molar-refractivity contribution in [3.63, 3.8) is 0 Å². The summed E-state index contributed by atoms with van der Waals surface area (Å²) < 4.78 is 6.89. The SMILES string of the molecule is CC1(C)CCC(C)(C)c2cc(N3c4cc5c(cc4B4c6ccc7c(c6N(c6cccc8oc9ccccc9c68)c6cc(N8c9ccccc9C9(C)CCCCC89C)cc3c64)C(C)(C)c3ccccc3-7)C(C)(C)CCC5(C)C)ccc21. The Morgan fingerprint density at radius 1 is 0.412 bits per heavy atom. The molecule has 8 aromatic carbocycles. The first kappa shape index (κ1) is 48.9. The average molecular weight is 1050 g/mol. The first-order valence-corrected chi connectivity index (χ1v) is 30.3. The van der Waals surface area contributed by atoms with E-state index in [0.29, 0.717) is 0 Å². The number of furan rings is 1. The molecular formula is C75H76BN3O. The molecule has 4 aliphatic carbocycles. The smallest absolute Gasteiger partial charge is 0.252 e. The van der Waals surface area contributed by atoms with Crippen LogP contribution in [0.3, 0.4) is 0 Å². The molecule has 1 fully saturated rings. The van der Waals surface area contributed by atoms with Crippen molar-refractivity contribution in [2.45, 2.75) is 172 Å². The highest BCUT2D eigenvalue weighted by Crippen LogP contribution is 2.63. The van der Waals surface area contributed by atoms with Crippen molar-refractivity contribution in [3.8, 4) is 11.1 Å². The maximum absolute atomic E-state index is 6.89. The van der Waals surface area contributed by atoms with Gasteiger partial charge in [-0.2, -0.15) is 0 Å². The summed E-state index contributed by atoms with van der Waals surface area (Å²) in [6, 6.07) is 57.8. The van der Waals surface area contributed by atoms with Gasteiger partial charge in [0.15, 0.2) is 0 Å². The second-order valence-corrected chi connectivity index (χ2v) is 29.2. The third-order valence-corrected chi connectivity index (χ3v) is 22.7. The van der Waals surface area contributed by atoms with E-state index in [2.05, 4.69) is 243 Å². The van der Waals surface area contributed by atoms with Gasteiger partial charge in [0, 0.05) is 56.0 Å². The van der Waals surface area contributed by atoms with Crippen LogP contribution in [0.15, 0.2) is 150 Å². The zero-order valence-electron chi connectivity index (χ0n) is 49.3. The van der Waals surface area contributed by atoms with E-state index in [9.17, 15) is 0 Å². The first-order valence-electron chi connectivity index (χ1n) is 30.3. The van der Waals surface area contributed by atoms with E-state index in [1.54, 1.807) is 0 Å². The molecule has 3 aliphatic heterocycles. The number of rotatable bonds is 3. The number of nitrogens with zero attached hydrogens (tertiary/aromatic N) is 3. The number of hydrogen-bond acceptors (Lipinski definition) is 4. The quantitative estimate of drug-likeness (QED) is 0.165. The molecule has 400 valence electrons. The van der Waals surface area contributed by atoms with Crippen molar-refractivity contribution in [1.82, 2.24) is 0 Å². The van der Waals surface area contributed by atoms with Gasteiger partial charge in [0.1, 0.15) is 11.2 Å². The lowest BCUT2D eigenvalue weighted by molar-refractivity contribution is 0.195. The highest BCUT2D eigenvalue weighted by molar-refractivity contribution is 7.00. The highest BCUT2D eigenvalue weighted by Gasteiger charge is 2.59. The van der Waals surface area contributed by atoms with Gasteiger partial charge in [-0.25, -0.2) is 0 Å². The van der Waals surface area contributed by atoms with Crippen LogP contribution in [-0.2, 0) is 32.5 Å². The van der Waals surface area contributed by atoms with E-state index in [4.69, 9.17) is 4.42 Å². The zero-order chi connectivity index (χ0) is 55.0. The van der Waals surface area contributed by atoms with E-state index < -0.39 is 0 Å². The number of fused-ring (bicyclic) bond motifs is 16. The van der Waals surface area contributed by atoms with Gasteiger partial charge in [-0.15, -0.1) is 0 Å². The predicted octanol–water partition coefficient (Wildman–Crippen LogP) is 18.4. The number of benzene rings is 8. The maximum atomic E-state index is 6.89. The van der Waals surface area contributed by atoms with Crippen LogP contribution >= 0.6 is 0 Å². The molecule has 0 radical (unpaired) electrons. The molecule has 4 heterocycles. The van der Waals surface area contributed by atoms with E-state index in [0.717, 1.165) is 53.3 Å². The minimum atomic E-state index is -0.305. The second kappa shape index (κ2) is 15.7. The Morgan fingerprint density at radius 3 is 1.79 bits per heavy atom. The van der Waals surface area contributed by atoms with Crippen molar-refractivity contribution in [2.24, 2.45) is 0 Å². The third kappa shape index (κ3) is 6.15. The van der Waals surface area contributed by atoms with Crippen molar-refractivity contribution in [2.75, 3.05) is 14.7 Å². The highest BCUT2D eigenvalue weighted by atomic mass is 16.3. The molecule has 4 nitrogen and oxygen atoms in total. The summed E-state index contributed by atoms with van der Waals surface area (Å²) in [5.41, 5.74) is 28.8. The summed E-state index contributed by atoms with van der Waals surface area (Å²) >= 11 is 0. The second-order valence-electron chi connectivity index (χ2n) is 29.2. The zero-order valence-corrected chi connectivity index (χ0v) is 49.3. The molecule has 0 saturated heterocycles. The summed E-state index contributed by atoms with van der Waals surface area (Å²) in [5, 5.41) is 2.30. The Balaban J connectivity index is 1.10. The Labute approximate surface area is 475 Å². The monoisotopic (exact) mass is 1050 g/mol. The molecule has 7 aliphatic rings. The Morgan fingerprint density at radius 2 is 1.02 bits per heavy atom. The molecule has 0 N–H and O–H groups in total. The van der Waals surface area contributed by atoms with Gasteiger partial charge in [0.25, 0.3) is 6.71 Å². The van der Waals surface area contributed by atoms with Crippen molar-refractivity contribution in [1.29, 1.82) is 0 Å². The van der Waals surface area contributed by atoms with Crippen LogP contribution in [0.25, 0.3) is 33.1 Å². The van der Waals surface area contributed by atoms with E-state index >= 15 is 0 Å².